The summed E-state index contributed by atoms with van der Waals surface area (Å²) < 4.78 is 4.99. The summed E-state index contributed by atoms with van der Waals surface area (Å²) in [6.07, 6.45) is 0. The van der Waals surface area contributed by atoms with Crippen LogP contribution in [0.2, 0.25) is 0 Å². The lowest BCUT2D eigenvalue weighted by Crippen LogP contribution is -2.00. The van der Waals surface area contributed by atoms with Gasteiger partial charge < -0.3 is 8.80 Å². The average Bonchev–Trinajstić information content (AvgIpc) is 3.73. The van der Waals surface area contributed by atoms with Crippen LogP contribution < -0.4 is 0 Å². The fourth-order valence-electron chi connectivity index (χ4n) is 8.70. The zero-order chi connectivity index (χ0) is 33.9. The molecule has 0 saturated heterocycles. The highest BCUT2D eigenvalue weighted by Gasteiger charge is 2.23. The summed E-state index contributed by atoms with van der Waals surface area (Å²) in [5, 5.41) is 9.71. The molecule has 240 valence electrons. The van der Waals surface area contributed by atoms with Crippen LogP contribution in [-0.2, 0) is 0 Å². The van der Waals surface area contributed by atoms with E-state index in [0.717, 1.165) is 33.1 Å². The van der Waals surface area contributed by atoms with Crippen molar-refractivity contribution in [3.05, 3.63) is 164 Å². The molecule has 0 N–H and O–H groups in total. The number of hydrogen-bond acceptors (Lipinski definition) is 3. The summed E-state index contributed by atoms with van der Waals surface area (Å²) in [5.41, 5.74) is 9.94. The standard InChI is InChI=1S/C47H27N5/c1-3-12-30(13-4-1)45-48-46(31-14-5-2-6-15-31)50-47(49-45)35-19-11-22-38-42(35)34-27-26-29-25-24-28-16-9-21-37-40(28)41(29)44(34)52(38)39-23-10-18-33-32-17-7-8-20-36(32)51(37)43(33)39/h1-27H. The lowest BCUT2D eigenvalue weighted by molar-refractivity contribution is 1.08. The Labute approximate surface area is 297 Å². The Morgan fingerprint density at radius 1 is 0.308 bits per heavy atom. The summed E-state index contributed by atoms with van der Waals surface area (Å²) in [4.78, 5) is 15.4. The third-order valence-corrected chi connectivity index (χ3v) is 10.8. The van der Waals surface area contributed by atoms with Crippen LogP contribution in [0, 0.1) is 0 Å². The first-order valence-corrected chi connectivity index (χ1v) is 17.6. The molecule has 4 heterocycles. The fourth-order valence-corrected chi connectivity index (χ4v) is 8.70. The molecule has 0 fully saturated rings. The lowest BCUT2D eigenvalue weighted by atomic mass is 9.97. The highest BCUT2D eigenvalue weighted by Crippen LogP contribution is 2.45. The Morgan fingerprint density at radius 2 is 0.846 bits per heavy atom. The molecule has 0 spiro atoms. The average molecular weight is 662 g/mol. The van der Waals surface area contributed by atoms with Crippen LogP contribution >= 0.6 is 0 Å². The van der Waals surface area contributed by atoms with E-state index in [2.05, 4.69) is 136 Å². The second-order valence-electron chi connectivity index (χ2n) is 13.6. The molecule has 5 nitrogen and oxygen atoms in total. The van der Waals surface area contributed by atoms with Gasteiger partial charge in [0, 0.05) is 49.0 Å². The smallest absolute Gasteiger partial charge is 0.164 e. The third kappa shape index (κ3) is 3.64. The molecule has 52 heavy (non-hydrogen) atoms. The SMILES string of the molecule is c1ccc(-c2nc(-c3ccccc3)nc(-c3cccc4c3c3ccc5ccc6cccc7c6c5c3n4c3cccc4c5ccccc5n7c43)n2)cc1. The van der Waals surface area contributed by atoms with Crippen LogP contribution in [0.3, 0.4) is 0 Å². The molecule has 0 unspecified atom stereocenters. The van der Waals surface area contributed by atoms with Crippen molar-refractivity contribution in [1.82, 2.24) is 23.8 Å². The summed E-state index contributed by atoms with van der Waals surface area (Å²) in [6, 6.07) is 58.3. The van der Waals surface area contributed by atoms with Gasteiger partial charge in [0.05, 0.1) is 33.1 Å². The Morgan fingerprint density at radius 3 is 1.62 bits per heavy atom. The van der Waals surface area contributed by atoms with E-state index in [9.17, 15) is 0 Å². The summed E-state index contributed by atoms with van der Waals surface area (Å²) >= 11 is 0. The van der Waals surface area contributed by atoms with Crippen molar-refractivity contribution < 1.29 is 0 Å². The monoisotopic (exact) mass is 661 g/mol. The topological polar surface area (TPSA) is 47.5 Å². The highest BCUT2D eigenvalue weighted by molar-refractivity contribution is 6.31. The molecular formula is C47H27N5. The molecule has 8 aromatic carbocycles. The van der Waals surface area contributed by atoms with Gasteiger partial charge in [0.25, 0.3) is 0 Å². The molecule has 0 aliphatic rings. The normalized spacial score (nSPS) is 12.2. The van der Waals surface area contributed by atoms with E-state index in [0.29, 0.717) is 17.5 Å². The molecule has 0 atom stereocenters. The maximum atomic E-state index is 5.20. The number of aromatic nitrogens is 5. The van der Waals surface area contributed by atoms with Gasteiger partial charge in [-0.2, -0.15) is 0 Å². The van der Waals surface area contributed by atoms with E-state index in [1.54, 1.807) is 0 Å². The summed E-state index contributed by atoms with van der Waals surface area (Å²) in [5.74, 6) is 1.95. The molecule has 0 aliphatic heterocycles. The Balaban J connectivity index is 1.32. The number of fused-ring (bicyclic) bond motifs is 8. The summed E-state index contributed by atoms with van der Waals surface area (Å²) in [6.45, 7) is 0. The van der Waals surface area contributed by atoms with Crippen LogP contribution in [0.5, 0.6) is 0 Å². The van der Waals surface area contributed by atoms with Gasteiger partial charge in [-0.15, -0.1) is 0 Å². The first-order chi connectivity index (χ1) is 25.8. The van der Waals surface area contributed by atoms with Gasteiger partial charge in [0.1, 0.15) is 0 Å². The van der Waals surface area contributed by atoms with Crippen molar-refractivity contribution in [2.45, 2.75) is 0 Å². The number of benzene rings is 8. The van der Waals surface area contributed by atoms with Gasteiger partial charge in [-0.1, -0.05) is 140 Å². The van der Waals surface area contributed by atoms with Crippen LogP contribution in [0.25, 0.3) is 110 Å². The van der Waals surface area contributed by atoms with Crippen LogP contribution in [0.4, 0.5) is 0 Å². The maximum absolute atomic E-state index is 5.20. The van der Waals surface area contributed by atoms with Crippen molar-refractivity contribution >= 4 is 76.2 Å². The number of rotatable bonds is 3. The van der Waals surface area contributed by atoms with Gasteiger partial charge in [0.2, 0.25) is 0 Å². The van der Waals surface area contributed by atoms with E-state index in [-0.39, 0.29) is 0 Å². The van der Waals surface area contributed by atoms with E-state index in [1.165, 1.54) is 59.8 Å². The van der Waals surface area contributed by atoms with Crippen molar-refractivity contribution in [3.8, 4) is 34.2 Å². The number of para-hydroxylation sites is 2. The molecule has 0 amide bonds. The van der Waals surface area contributed by atoms with Gasteiger partial charge in [-0.05, 0) is 35.0 Å². The highest BCUT2D eigenvalue weighted by atomic mass is 15.0. The largest absolute Gasteiger partial charge is 0.307 e. The minimum atomic E-state index is 0.651. The molecule has 0 radical (unpaired) electrons. The predicted octanol–water partition coefficient (Wildman–Crippen LogP) is 11.7. The third-order valence-electron chi connectivity index (χ3n) is 10.8. The molecule has 12 rings (SSSR count). The molecule has 0 bridgehead atoms. The molecule has 4 aromatic heterocycles. The van der Waals surface area contributed by atoms with Crippen LogP contribution in [-0.4, -0.2) is 23.8 Å². The first-order valence-electron chi connectivity index (χ1n) is 17.6. The van der Waals surface area contributed by atoms with Gasteiger partial charge in [0.15, 0.2) is 17.5 Å². The van der Waals surface area contributed by atoms with E-state index in [1.807, 2.05) is 36.4 Å². The molecule has 0 saturated carbocycles. The zero-order valence-electron chi connectivity index (χ0n) is 27.8. The Kier molecular flexibility index (Phi) is 5.44. The minimum Gasteiger partial charge on any atom is -0.307 e. The van der Waals surface area contributed by atoms with E-state index >= 15 is 0 Å². The minimum absolute atomic E-state index is 0.651. The number of nitrogens with zero attached hydrogens (tertiary/aromatic N) is 5. The van der Waals surface area contributed by atoms with E-state index < -0.39 is 0 Å². The predicted molar refractivity (Wildman–Crippen MR) is 214 cm³/mol. The van der Waals surface area contributed by atoms with Gasteiger partial charge in [-0.3, -0.25) is 0 Å². The van der Waals surface area contributed by atoms with Crippen LogP contribution in [0.15, 0.2) is 164 Å². The lowest BCUT2D eigenvalue weighted by Gasteiger charge is -2.14. The molecule has 12 aromatic rings. The molecule has 5 heteroatoms. The fraction of sp³-hybridized carbons (Fsp3) is 0. The van der Waals surface area contributed by atoms with Gasteiger partial charge in [-0.25, -0.2) is 15.0 Å². The van der Waals surface area contributed by atoms with Crippen LogP contribution in [0.1, 0.15) is 0 Å². The Bertz CT molecular complexity index is 3340. The van der Waals surface area contributed by atoms with Crippen molar-refractivity contribution in [2.75, 3.05) is 0 Å². The first kappa shape index (κ1) is 27.7. The second kappa shape index (κ2) is 10.2. The zero-order valence-corrected chi connectivity index (χ0v) is 27.8. The van der Waals surface area contributed by atoms with Crippen molar-refractivity contribution in [1.29, 1.82) is 0 Å². The van der Waals surface area contributed by atoms with Crippen molar-refractivity contribution in [3.63, 3.8) is 0 Å². The maximum Gasteiger partial charge on any atom is 0.164 e. The van der Waals surface area contributed by atoms with E-state index in [4.69, 9.17) is 15.0 Å². The molecular weight excluding hydrogens is 635 g/mol. The quantitative estimate of drug-likeness (QED) is 0.177. The molecule has 0 aliphatic carbocycles. The van der Waals surface area contributed by atoms with Gasteiger partial charge >= 0.3 is 0 Å². The number of hydrogen-bond donors (Lipinski definition) is 0. The van der Waals surface area contributed by atoms with Crippen molar-refractivity contribution in [2.24, 2.45) is 0 Å². The Hall–Kier alpha value is -7.11. The second-order valence-corrected chi connectivity index (χ2v) is 13.6. The summed E-state index contributed by atoms with van der Waals surface area (Å²) in [7, 11) is 0.